The van der Waals surface area contributed by atoms with Gasteiger partial charge in [0.1, 0.15) is 0 Å². The minimum atomic E-state index is 0.288. The molecule has 3 rings (SSSR count). The highest BCUT2D eigenvalue weighted by Gasteiger charge is 2.40. The van der Waals surface area contributed by atoms with Crippen LogP contribution in [0.3, 0.4) is 0 Å². The molecule has 1 aliphatic heterocycles. The minimum absolute atomic E-state index is 0.288. The Kier molecular flexibility index (Phi) is 3.37. The molecule has 2 bridgehead atoms. The molecule has 3 nitrogen and oxygen atoms in total. The van der Waals surface area contributed by atoms with Crippen molar-refractivity contribution in [2.24, 2.45) is 17.8 Å². The molecule has 1 amide bonds. The van der Waals surface area contributed by atoms with Gasteiger partial charge < -0.3 is 10.6 Å². The molecular weight excluding hydrogens is 212 g/mol. The Labute approximate surface area is 104 Å². The maximum Gasteiger partial charge on any atom is 0.220 e. The third-order valence-electron chi connectivity index (χ3n) is 5.04. The van der Waals surface area contributed by atoms with E-state index in [0.29, 0.717) is 12.0 Å². The van der Waals surface area contributed by atoms with Gasteiger partial charge in [-0.3, -0.25) is 4.79 Å². The second-order valence-corrected chi connectivity index (χ2v) is 6.24. The molecule has 0 aromatic heterocycles. The zero-order chi connectivity index (χ0) is 11.7. The molecule has 0 radical (unpaired) electrons. The Hall–Kier alpha value is -0.570. The van der Waals surface area contributed by atoms with Crippen LogP contribution in [0.2, 0.25) is 0 Å². The SMILES string of the molecule is O=C(CC1CC2CCC1C2)NCC1CCCN1. The zero-order valence-electron chi connectivity index (χ0n) is 10.6. The predicted octanol–water partition coefficient (Wildman–Crippen LogP) is 1.68. The van der Waals surface area contributed by atoms with Crippen molar-refractivity contribution in [3.05, 3.63) is 0 Å². The van der Waals surface area contributed by atoms with E-state index in [1.54, 1.807) is 0 Å². The Morgan fingerprint density at radius 1 is 1.24 bits per heavy atom. The van der Waals surface area contributed by atoms with E-state index >= 15 is 0 Å². The lowest BCUT2D eigenvalue weighted by Gasteiger charge is -2.21. The number of nitrogens with one attached hydrogen (secondary N) is 2. The van der Waals surface area contributed by atoms with Gasteiger partial charge in [0.25, 0.3) is 0 Å². The first-order valence-electron chi connectivity index (χ1n) is 7.31. The summed E-state index contributed by atoms with van der Waals surface area (Å²) in [4.78, 5) is 11.9. The lowest BCUT2D eigenvalue weighted by atomic mass is 9.86. The molecule has 3 aliphatic rings. The van der Waals surface area contributed by atoms with Gasteiger partial charge in [0.05, 0.1) is 0 Å². The quantitative estimate of drug-likeness (QED) is 0.780. The third-order valence-corrected chi connectivity index (χ3v) is 5.04. The minimum Gasteiger partial charge on any atom is -0.355 e. The molecular formula is C14H24N2O. The van der Waals surface area contributed by atoms with Crippen LogP contribution in [0.25, 0.3) is 0 Å². The van der Waals surface area contributed by atoms with E-state index in [9.17, 15) is 4.79 Å². The highest BCUT2D eigenvalue weighted by atomic mass is 16.1. The molecule has 4 atom stereocenters. The molecule has 1 saturated heterocycles. The Morgan fingerprint density at radius 3 is 2.82 bits per heavy atom. The molecule has 2 N–H and O–H groups in total. The normalized spacial score (nSPS) is 39.8. The van der Waals surface area contributed by atoms with Gasteiger partial charge in [0.15, 0.2) is 0 Å². The van der Waals surface area contributed by atoms with Crippen LogP contribution in [0.15, 0.2) is 0 Å². The average Bonchev–Trinajstić information content (AvgIpc) is 3.03. The number of rotatable bonds is 4. The van der Waals surface area contributed by atoms with Crippen LogP contribution < -0.4 is 10.6 Å². The zero-order valence-corrected chi connectivity index (χ0v) is 10.6. The molecule has 0 spiro atoms. The van der Waals surface area contributed by atoms with Crippen LogP contribution in [0.1, 0.15) is 44.9 Å². The first-order chi connectivity index (χ1) is 8.31. The third kappa shape index (κ3) is 2.65. The fraction of sp³-hybridized carbons (Fsp3) is 0.929. The van der Waals surface area contributed by atoms with E-state index in [4.69, 9.17) is 0 Å². The summed E-state index contributed by atoms with van der Waals surface area (Å²) in [7, 11) is 0. The van der Waals surface area contributed by atoms with Crippen molar-refractivity contribution < 1.29 is 4.79 Å². The molecule has 17 heavy (non-hydrogen) atoms. The predicted molar refractivity (Wildman–Crippen MR) is 67.6 cm³/mol. The second kappa shape index (κ2) is 4.97. The van der Waals surface area contributed by atoms with Crippen molar-refractivity contribution in [1.82, 2.24) is 10.6 Å². The summed E-state index contributed by atoms with van der Waals surface area (Å²) >= 11 is 0. The Bertz CT molecular complexity index is 286. The van der Waals surface area contributed by atoms with Crippen LogP contribution in [0.4, 0.5) is 0 Å². The van der Waals surface area contributed by atoms with Crippen LogP contribution in [-0.2, 0) is 4.79 Å². The lowest BCUT2D eigenvalue weighted by Crippen LogP contribution is -2.38. The molecule has 1 heterocycles. The maximum atomic E-state index is 11.9. The summed E-state index contributed by atoms with van der Waals surface area (Å²) in [6.45, 7) is 1.95. The molecule has 3 heteroatoms. The monoisotopic (exact) mass is 236 g/mol. The molecule has 96 valence electrons. The van der Waals surface area contributed by atoms with Crippen molar-refractivity contribution in [3.63, 3.8) is 0 Å². The summed E-state index contributed by atoms with van der Waals surface area (Å²) in [5, 5.41) is 6.53. The Morgan fingerprint density at radius 2 is 2.18 bits per heavy atom. The largest absolute Gasteiger partial charge is 0.355 e. The van der Waals surface area contributed by atoms with Gasteiger partial charge in [-0.1, -0.05) is 6.42 Å². The van der Waals surface area contributed by atoms with Gasteiger partial charge in [-0.2, -0.15) is 0 Å². The maximum absolute atomic E-state index is 11.9. The van der Waals surface area contributed by atoms with Gasteiger partial charge >= 0.3 is 0 Å². The van der Waals surface area contributed by atoms with Crippen LogP contribution >= 0.6 is 0 Å². The fourth-order valence-electron chi connectivity index (χ4n) is 4.10. The summed E-state index contributed by atoms with van der Waals surface area (Å²) < 4.78 is 0. The second-order valence-electron chi connectivity index (χ2n) is 6.24. The number of fused-ring (bicyclic) bond motifs is 2. The van der Waals surface area contributed by atoms with E-state index < -0.39 is 0 Å². The van der Waals surface area contributed by atoms with Gasteiger partial charge in [0.2, 0.25) is 5.91 Å². The average molecular weight is 236 g/mol. The first-order valence-corrected chi connectivity index (χ1v) is 7.31. The van der Waals surface area contributed by atoms with Gasteiger partial charge in [-0.25, -0.2) is 0 Å². The van der Waals surface area contributed by atoms with Crippen LogP contribution in [0.5, 0.6) is 0 Å². The van der Waals surface area contributed by atoms with Gasteiger partial charge in [-0.15, -0.1) is 0 Å². The standard InChI is InChI=1S/C14H24N2O/c17-14(16-9-13-2-1-5-15-13)8-12-7-10-3-4-11(12)6-10/h10-13,15H,1-9H2,(H,16,17). The molecule has 0 aromatic rings. The van der Waals surface area contributed by atoms with Gasteiger partial charge in [-0.05, 0) is 56.4 Å². The van der Waals surface area contributed by atoms with Crippen molar-refractivity contribution in [2.45, 2.75) is 51.0 Å². The van der Waals surface area contributed by atoms with Gasteiger partial charge in [0, 0.05) is 19.0 Å². The van der Waals surface area contributed by atoms with E-state index in [2.05, 4.69) is 10.6 Å². The van der Waals surface area contributed by atoms with Crippen molar-refractivity contribution in [1.29, 1.82) is 0 Å². The fourth-order valence-corrected chi connectivity index (χ4v) is 4.10. The van der Waals surface area contributed by atoms with E-state index in [1.165, 1.54) is 38.5 Å². The molecule has 4 unspecified atom stereocenters. The number of carbonyl (C=O) groups is 1. The summed E-state index contributed by atoms with van der Waals surface area (Å²) in [6.07, 6.45) is 8.79. The molecule has 2 aliphatic carbocycles. The Balaban J connectivity index is 1.38. The summed E-state index contributed by atoms with van der Waals surface area (Å²) in [6, 6.07) is 0.527. The number of hydrogen-bond donors (Lipinski definition) is 2. The van der Waals surface area contributed by atoms with Crippen LogP contribution in [-0.4, -0.2) is 25.0 Å². The highest BCUT2D eigenvalue weighted by molar-refractivity contribution is 5.76. The summed E-state index contributed by atoms with van der Waals surface area (Å²) in [5.74, 6) is 2.81. The first kappa shape index (κ1) is 11.5. The number of amides is 1. The summed E-state index contributed by atoms with van der Waals surface area (Å²) in [5.41, 5.74) is 0. The molecule has 0 aromatic carbocycles. The smallest absolute Gasteiger partial charge is 0.220 e. The highest BCUT2D eigenvalue weighted by Crippen LogP contribution is 2.49. The van der Waals surface area contributed by atoms with E-state index in [-0.39, 0.29) is 5.91 Å². The topological polar surface area (TPSA) is 41.1 Å². The van der Waals surface area contributed by atoms with E-state index in [0.717, 1.165) is 31.3 Å². The molecule has 3 fully saturated rings. The van der Waals surface area contributed by atoms with Crippen molar-refractivity contribution in [3.8, 4) is 0 Å². The van der Waals surface area contributed by atoms with E-state index in [1.807, 2.05) is 0 Å². The lowest BCUT2D eigenvalue weighted by molar-refractivity contribution is -0.122. The van der Waals surface area contributed by atoms with Crippen molar-refractivity contribution >= 4 is 5.91 Å². The number of hydrogen-bond acceptors (Lipinski definition) is 2. The van der Waals surface area contributed by atoms with Crippen molar-refractivity contribution in [2.75, 3.05) is 13.1 Å². The van der Waals surface area contributed by atoms with Crippen LogP contribution in [0, 0.1) is 17.8 Å². The number of carbonyl (C=O) groups excluding carboxylic acids is 1. The molecule has 2 saturated carbocycles.